The number of nitrogens with two attached hydrogens (primary N) is 1. The average Bonchev–Trinajstić information content (AvgIpc) is 3.38. The van der Waals surface area contributed by atoms with Crippen molar-refractivity contribution in [3.05, 3.63) is 35.0 Å². The van der Waals surface area contributed by atoms with Crippen LogP contribution in [0.1, 0.15) is 46.2 Å². The Hall–Kier alpha value is -3.17. The fraction of sp³-hybridized carbons (Fsp3) is 0.450. The second kappa shape index (κ2) is 6.68. The molecule has 1 aromatic carbocycles. The van der Waals surface area contributed by atoms with E-state index in [0.717, 1.165) is 12.8 Å². The summed E-state index contributed by atoms with van der Waals surface area (Å²) in [5, 5.41) is 4.08. The number of nitrogen functional groups attached to an aromatic ring is 1. The molecule has 1 saturated carbocycles. The maximum Gasteiger partial charge on any atom is 0.387 e. The van der Waals surface area contributed by atoms with Crippen molar-refractivity contribution in [2.24, 2.45) is 5.92 Å². The molecule has 1 atom stereocenters. The number of aromatic nitrogens is 2. The highest BCUT2D eigenvalue weighted by Crippen LogP contribution is 2.42. The zero-order valence-electron chi connectivity index (χ0n) is 16.3. The third kappa shape index (κ3) is 2.98. The van der Waals surface area contributed by atoms with E-state index in [0.29, 0.717) is 42.5 Å². The molecule has 1 fully saturated rings. The number of alkyl halides is 2. The number of anilines is 2. The molecule has 3 heterocycles. The Kier molecular flexibility index (Phi) is 4.19. The molecule has 2 N–H and O–H groups in total. The summed E-state index contributed by atoms with van der Waals surface area (Å²) in [4.78, 5) is 29.1. The molecular formula is C20H21F2N5O3. The van der Waals surface area contributed by atoms with E-state index in [2.05, 4.69) is 5.10 Å². The standard InChI is InChI=1S/C20H21F2N5O3/c1-10(11-2-3-11)26-9-12-6-13(7-15(30-20(21)22)17(12)19(26)29)25-4-5-27-14(18(25)28)8-16(23)24-27/h6-8,10-11,20H,2-5,9H2,1H3,(H2,23,24)/t10-/m0/s1. The van der Waals surface area contributed by atoms with Gasteiger partial charge in [0, 0.05) is 37.0 Å². The molecule has 3 aliphatic rings. The molecule has 0 bridgehead atoms. The normalized spacial score (nSPS) is 19.3. The van der Waals surface area contributed by atoms with Gasteiger partial charge in [0.15, 0.2) is 0 Å². The van der Waals surface area contributed by atoms with Gasteiger partial charge in [-0.15, -0.1) is 0 Å². The van der Waals surface area contributed by atoms with Crippen LogP contribution in [0.15, 0.2) is 18.2 Å². The maximum atomic E-state index is 13.1. The zero-order valence-corrected chi connectivity index (χ0v) is 16.3. The largest absolute Gasteiger partial charge is 0.434 e. The summed E-state index contributed by atoms with van der Waals surface area (Å²) in [6.07, 6.45) is 2.12. The molecule has 1 aliphatic carbocycles. The van der Waals surface area contributed by atoms with Crippen molar-refractivity contribution in [2.75, 3.05) is 17.2 Å². The lowest BCUT2D eigenvalue weighted by atomic mass is 10.1. The van der Waals surface area contributed by atoms with Crippen LogP contribution < -0.4 is 15.4 Å². The fourth-order valence-corrected chi connectivity index (χ4v) is 4.39. The monoisotopic (exact) mass is 417 g/mol. The Labute approximate surface area is 171 Å². The van der Waals surface area contributed by atoms with E-state index in [1.165, 1.54) is 21.7 Å². The van der Waals surface area contributed by atoms with E-state index in [9.17, 15) is 18.4 Å². The number of nitrogens with zero attached hydrogens (tertiary/aromatic N) is 4. The van der Waals surface area contributed by atoms with Crippen molar-refractivity contribution in [2.45, 2.75) is 45.5 Å². The number of hydrogen-bond acceptors (Lipinski definition) is 5. The van der Waals surface area contributed by atoms with Gasteiger partial charge in [-0.05, 0) is 37.3 Å². The molecule has 158 valence electrons. The van der Waals surface area contributed by atoms with Crippen molar-refractivity contribution in [3.63, 3.8) is 0 Å². The molecule has 0 spiro atoms. The fourth-order valence-electron chi connectivity index (χ4n) is 4.39. The molecule has 0 radical (unpaired) electrons. The number of hydrogen-bond donors (Lipinski definition) is 1. The average molecular weight is 417 g/mol. The Bertz CT molecular complexity index is 1050. The van der Waals surface area contributed by atoms with Gasteiger partial charge >= 0.3 is 6.61 Å². The van der Waals surface area contributed by atoms with Crippen LogP contribution in [-0.4, -0.2) is 45.7 Å². The number of carbonyl (C=O) groups is 2. The predicted molar refractivity (Wildman–Crippen MR) is 103 cm³/mol. The zero-order chi connectivity index (χ0) is 21.2. The highest BCUT2D eigenvalue weighted by molar-refractivity contribution is 6.07. The molecule has 2 aliphatic heterocycles. The Morgan fingerprint density at radius 2 is 1.93 bits per heavy atom. The van der Waals surface area contributed by atoms with E-state index >= 15 is 0 Å². The second-order valence-electron chi connectivity index (χ2n) is 8.00. The number of benzene rings is 1. The molecule has 30 heavy (non-hydrogen) atoms. The summed E-state index contributed by atoms with van der Waals surface area (Å²) >= 11 is 0. The van der Waals surface area contributed by atoms with Gasteiger partial charge in [-0.2, -0.15) is 13.9 Å². The van der Waals surface area contributed by atoms with Crippen LogP contribution >= 0.6 is 0 Å². The lowest BCUT2D eigenvalue weighted by Gasteiger charge is -2.28. The molecule has 10 heteroatoms. The van der Waals surface area contributed by atoms with Gasteiger partial charge in [0.05, 0.1) is 12.1 Å². The molecule has 0 unspecified atom stereocenters. The molecule has 2 aromatic rings. The van der Waals surface area contributed by atoms with Gasteiger partial charge < -0.3 is 20.3 Å². The number of carbonyl (C=O) groups excluding carboxylic acids is 2. The van der Waals surface area contributed by atoms with Crippen LogP contribution in [-0.2, 0) is 13.1 Å². The van der Waals surface area contributed by atoms with Crippen molar-refractivity contribution in [1.29, 1.82) is 0 Å². The molecular weight excluding hydrogens is 396 g/mol. The Balaban J connectivity index is 1.53. The highest BCUT2D eigenvalue weighted by Gasteiger charge is 2.41. The maximum absolute atomic E-state index is 13.1. The lowest BCUT2D eigenvalue weighted by Crippen LogP contribution is -2.40. The number of fused-ring (bicyclic) bond motifs is 2. The third-order valence-corrected chi connectivity index (χ3v) is 6.11. The minimum Gasteiger partial charge on any atom is -0.434 e. The van der Waals surface area contributed by atoms with E-state index < -0.39 is 6.61 Å². The lowest BCUT2D eigenvalue weighted by molar-refractivity contribution is -0.0501. The van der Waals surface area contributed by atoms with E-state index in [4.69, 9.17) is 10.5 Å². The Morgan fingerprint density at radius 1 is 1.17 bits per heavy atom. The van der Waals surface area contributed by atoms with Gasteiger partial charge in [-0.3, -0.25) is 14.3 Å². The smallest absolute Gasteiger partial charge is 0.387 e. The highest BCUT2D eigenvalue weighted by atomic mass is 19.3. The first-order valence-corrected chi connectivity index (χ1v) is 9.91. The Morgan fingerprint density at radius 3 is 2.63 bits per heavy atom. The quantitative estimate of drug-likeness (QED) is 0.807. The van der Waals surface area contributed by atoms with Gasteiger partial charge in [-0.1, -0.05) is 0 Å². The van der Waals surface area contributed by atoms with Crippen molar-refractivity contribution < 1.29 is 23.1 Å². The van der Waals surface area contributed by atoms with Crippen LogP contribution in [0.5, 0.6) is 5.75 Å². The molecule has 0 saturated heterocycles. The number of ether oxygens (including phenoxy) is 1. The summed E-state index contributed by atoms with van der Waals surface area (Å²) in [5.74, 6) is -0.148. The second-order valence-corrected chi connectivity index (χ2v) is 8.00. The summed E-state index contributed by atoms with van der Waals surface area (Å²) in [5.41, 5.74) is 7.18. The van der Waals surface area contributed by atoms with Gasteiger partial charge in [0.1, 0.15) is 17.3 Å². The van der Waals surface area contributed by atoms with Crippen LogP contribution in [0.2, 0.25) is 0 Å². The summed E-state index contributed by atoms with van der Waals surface area (Å²) in [6.45, 7) is -0.0624. The number of rotatable bonds is 5. The first kappa shape index (κ1) is 18.8. The number of amides is 2. The molecule has 1 aromatic heterocycles. The molecule has 2 amide bonds. The SMILES string of the molecule is C[C@@H](C1CC1)N1Cc2cc(N3CCn4nc(N)cc4C3=O)cc(OC(F)F)c2C1=O. The van der Waals surface area contributed by atoms with Gasteiger partial charge in [0.2, 0.25) is 0 Å². The van der Waals surface area contributed by atoms with Crippen molar-refractivity contribution in [3.8, 4) is 5.75 Å². The summed E-state index contributed by atoms with van der Waals surface area (Å²) < 4.78 is 32.5. The predicted octanol–water partition coefficient (Wildman–Crippen LogP) is 2.48. The molecule has 5 rings (SSSR count). The number of halogens is 2. The van der Waals surface area contributed by atoms with Crippen molar-refractivity contribution >= 4 is 23.3 Å². The van der Waals surface area contributed by atoms with Crippen LogP contribution in [0, 0.1) is 5.92 Å². The van der Waals surface area contributed by atoms with Crippen LogP contribution in [0.25, 0.3) is 0 Å². The van der Waals surface area contributed by atoms with Gasteiger partial charge in [0.25, 0.3) is 11.8 Å². The minimum atomic E-state index is -3.08. The molecule has 8 nitrogen and oxygen atoms in total. The van der Waals surface area contributed by atoms with Gasteiger partial charge in [-0.25, -0.2) is 0 Å². The van der Waals surface area contributed by atoms with Crippen LogP contribution in [0.3, 0.4) is 0 Å². The van der Waals surface area contributed by atoms with Crippen LogP contribution in [0.4, 0.5) is 20.3 Å². The first-order valence-electron chi connectivity index (χ1n) is 9.91. The van der Waals surface area contributed by atoms with Crippen molar-refractivity contribution in [1.82, 2.24) is 14.7 Å². The first-order chi connectivity index (χ1) is 14.3. The van der Waals surface area contributed by atoms with E-state index in [1.54, 1.807) is 11.0 Å². The van der Waals surface area contributed by atoms with E-state index in [-0.39, 0.29) is 35.0 Å². The third-order valence-electron chi connectivity index (χ3n) is 6.11. The summed E-state index contributed by atoms with van der Waals surface area (Å²) in [7, 11) is 0. The summed E-state index contributed by atoms with van der Waals surface area (Å²) in [6, 6.07) is 4.59. The van der Waals surface area contributed by atoms with E-state index in [1.807, 2.05) is 6.92 Å². The topological polar surface area (TPSA) is 93.7 Å². The minimum absolute atomic E-state index is 0.0293.